The molecular formula is C13H15ClF3NO2. The van der Waals surface area contributed by atoms with E-state index in [-0.39, 0.29) is 18.8 Å². The predicted molar refractivity (Wildman–Crippen MR) is 70.0 cm³/mol. The van der Waals surface area contributed by atoms with Crippen LogP contribution in [-0.4, -0.2) is 23.2 Å². The number of nitrogens with one attached hydrogen (secondary N) is 1. The van der Waals surface area contributed by atoms with E-state index < -0.39 is 23.2 Å². The van der Waals surface area contributed by atoms with E-state index in [0.717, 1.165) is 12.1 Å². The van der Waals surface area contributed by atoms with Crippen molar-refractivity contribution in [2.24, 2.45) is 0 Å². The van der Waals surface area contributed by atoms with E-state index >= 15 is 0 Å². The van der Waals surface area contributed by atoms with Gasteiger partial charge >= 0.3 is 12.1 Å². The number of carboxylic acid groups (broad SMARTS) is 1. The van der Waals surface area contributed by atoms with Crippen LogP contribution in [0, 0.1) is 0 Å². The molecule has 1 saturated heterocycles. The Labute approximate surface area is 120 Å². The molecule has 0 spiro atoms. The molecule has 1 atom stereocenters. The van der Waals surface area contributed by atoms with Crippen LogP contribution in [0.25, 0.3) is 0 Å². The molecule has 0 aliphatic carbocycles. The number of hydrogen-bond donors (Lipinski definition) is 2. The Morgan fingerprint density at radius 3 is 2.60 bits per heavy atom. The molecule has 1 aromatic rings. The largest absolute Gasteiger partial charge is 0.480 e. The molecule has 1 fully saturated rings. The first-order chi connectivity index (χ1) is 8.83. The fraction of sp³-hybridized carbons (Fsp3) is 0.462. The molecule has 1 unspecified atom stereocenters. The second-order valence-corrected chi connectivity index (χ2v) is 4.79. The molecule has 0 amide bonds. The van der Waals surface area contributed by atoms with E-state index in [1.165, 1.54) is 12.1 Å². The molecule has 1 heterocycles. The van der Waals surface area contributed by atoms with E-state index in [9.17, 15) is 23.1 Å². The van der Waals surface area contributed by atoms with Crippen molar-refractivity contribution in [3.05, 3.63) is 35.4 Å². The number of aliphatic carboxylic acids is 1. The fourth-order valence-corrected chi connectivity index (χ4v) is 2.42. The van der Waals surface area contributed by atoms with Crippen molar-refractivity contribution >= 4 is 18.4 Å². The Kier molecular flexibility index (Phi) is 5.05. The lowest BCUT2D eigenvalue weighted by molar-refractivity contribution is -0.144. The first kappa shape index (κ1) is 16.8. The number of rotatable bonds is 3. The van der Waals surface area contributed by atoms with Crippen LogP contribution in [0.1, 0.15) is 24.0 Å². The van der Waals surface area contributed by atoms with Gasteiger partial charge in [0.05, 0.1) is 5.56 Å². The van der Waals surface area contributed by atoms with Gasteiger partial charge in [-0.2, -0.15) is 13.2 Å². The topological polar surface area (TPSA) is 49.3 Å². The third-order valence-corrected chi connectivity index (χ3v) is 3.41. The normalized spacial score (nSPS) is 22.4. The summed E-state index contributed by atoms with van der Waals surface area (Å²) in [6.07, 6.45) is -3.20. The molecule has 112 valence electrons. The maximum Gasteiger partial charge on any atom is 0.416 e. The zero-order valence-electron chi connectivity index (χ0n) is 10.5. The molecule has 0 radical (unpaired) electrons. The zero-order valence-corrected chi connectivity index (χ0v) is 11.4. The van der Waals surface area contributed by atoms with Crippen LogP contribution < -0.4 is 5.32 Å². The molecule has 3 nitrogen and oxygen atoms in total. The van der Waals surface area contributed by atoms with Gasteiger partial charge in [-0.3, -0.25) is 4.79 Å². The Bertz CT molecular complexity index is 485. The molecule has 1 aromatic carbocycles. The van der Waals surface area contributed by atoms with E-state index in [4.69, 9.17) is 0 Å². The first-order valence-electron chi connectivity index (χ1n) is 5.98. The SMILES string of the molecule is Cl.O=C(O)C1(Cc2cccc(C(F)(F)F)c2)CCCN1. The van der Waals surface area contributed by atoms with E-state index in [1.54, 1.807) is 0 Å². The summed E-state index contributed by atoms with van der Waals surface area (Å²) in [5.41, 5.74) is -1.50. The molecule has 20 heavy (non-hydrogen) atoms. The first-order valence-corrected chi connectivity index (χ1v) is 5.98. The summed E-state index contributed by atoms with van der Waals surface area (Å²) in [6, 6.07) is 4.84. The molecule has 1 aliphatic heterocycles. The summed E-state index contributed by atoms with van der Waals surface area (Å²) >= 11 is 0. The van der Waals surface area contributed by atoms with Crippen molar-refractivity contribution in [3.8, 4) is 0 Å². The Morgan fingerprint density at radius 2 is 2.10 bits per heavy atom. The van der Waals surface area contributed by atoms with Crippen LogP contribution in [0.4, 0.5) is 13.2 Å². The quantitative estimate of drug-likeness (QED) is 0.902. The van der Waals surface area contributed by atoms with Gasteiger partial charge < -0.3 is 10.4 Å². The number of alkyl halides is 3. The van der Waals surface area contributed by atoms with Crippen molar-refractivity contribution in [1.82, 2.24) is 5.32 Å². The molecule has 1 aliphatic rings. The van der Waals surface area contributed by atoms with E-state index in [0.29, 0.717) is 24.9 Å². The molecule has 0 aromatic heterocycles. The van der Waals surface area contributed by atoms with E-state index in [1.807, 2.05) is 0 Å². The maximum atomic E-state index is 12.6. The highest BCUT2D eigenvalue weighted by atomic mass is 35.5. The minimum absolute atomic E-state index is 0. The van der Waals surface area contributed by atoms with Gasteiger partial charge in [0, 0.05) is 6.42 Å². The van der Waals surface area contributed by atoms with Gasteiger partial charge in [0.1, 0.15) is 5.54 Å². The molecule has 7 heteroatoms. The summed E-state index contributed by atoms with van der Waals surface area (Å²) in [7, 11) is 0. The summed E-state index contributed by atoms with van der Waals surface area (Å²) in [6.45, 7) is 0.575. The van der Waals surface area contributed by atoms with Crippen LogP contribution in [0.5, 0.6) is 0 Å². The second kappa shape index (κ2) is 6.01. The highest BCUT2D eigenvalue weighted by molar-refractivity contribution is 5.85. The summed E-state index contributed by atoms with van der Waals surface area (Å²) in [4.78, 5) is 11.3. The van der Waals surface area contributed by atoms with E-state index in [2.05, 4.69) is 5.32 Å². The number of carbonyl (C=O) groups is 1. The Hall–Kier alpha value is -1.27. The smallest absolute Gasteiger partial charge is 0.416 e. The fourth-order valence-electron chi connectivity index (χ4n) is 2.42. The monoisotopic (exact) mass is 309 g/mol. The molecule has 0 saturated carbocycles. The minimum atomic E-state index is -4.41. The minimum Gasteiger partial charge on any atom is -0.480 e. The zero-order chi connectivity index (χ0) is 14.1. The van der Waals surface area contributed by atoms with Gasteiger partial charge in [-0.15, -0.1) is 12.4 Å². The van der Waals surface area contributed by atoms with Crippen LogP contribution in [-0.2, 0) is 17.4 Å². The number of carboxylic acids is 1. The summed E-state index contributed by atoms with van der Waals surface area (Å²) in [5.74, 6) is -1.01. The van der Waals surface area contributed by atoms with Crippen LogP contribution in [0.3, 0.4) is 0 Å². The lowest BCUT2D eigenvalue weighted by Crippen LogP contribution is -2.49. The average molecular weight is 310 g/mol. The highest BCUT2D eigenvalue weighted by Gasteiger charge is 2.41. The van der Waals surface area contributed by atoms with Crippen molar-refractivity contribution in [2.75, 3.05) is 6.54 Å². The second-order valence-electron chi connectivity index (χ2n) is 4.79. The third kappa shape index (κ3) is 3.43. The number of benzene rings is 1. The predicted octanol–water partition coefficient (Wildman–Crippen LogP) is 2.88. The molecule has 0 bridgehead atoms. The van der Waals surface area contributed by atoms with Crippen molar-refractivity contribution < 1.29 is 23.1 Å². The van der Waals surface area contributed by atoms with Gasteiger partial charge in [0.15, 0.2) is 0 Å². The standard InChI is InChI=1S/C13H14F3NO2.ClH/c14-13(15,16)10-4-1-3-9(7-10)8-12(11(18)19)5-2-6-17-12;/h1,3-4,7,17H,2,5-6,8H2,(H,18,19);1H. The van der Waals surface area contributed by atoms with Crippen LogP contribution >= 0.6 is 12.4 Å². The summed E-state index contributed by atoms with van der Waals surface area (Å²) < 4.78 is 37.8. The average Bonchev–Trinajstić information content (AvgIpc) is 2.78. The number of halogens is 4. The van der Waals surface area contributed by atoms with Crippen LogP contribution in [0.2, 0.25) is 0 Å². The van der Waals surface area contributed by atoms with Crippen molar-refractivity contribution in [3.63, 3.8) is 0 Å². The van der Waals surface area contributed by atoms with Gasteiger partial charge in [0.2, 0.25) is 0 Å². The molecule has 2 rings (SSSR count). The molecule has 2 N–H and O–H groups in total. The van der Waals surface area contributed by atoms with Gasteiger partial charge in [0.25, 0.3) is 0 Å². The van der Waals surface area contributed by atoms with Crippen LogP contribution in [0.15, 0.2) is 24.3 Å². The van der Waals surface area contributed by atoms with Gasteiger partial charge in [-0.25, -0.2) is 0 Å². The number of hydrogen-bond acceptors (Lipinski definition) is 2. The Balaban J connectivity index is 0.00000200. The highest BCUT2D eigenvalue weighted by Crippen LogP contribution is 2.31. The lowest BCUT2D eigenvalue weighted by atomic mass is 9.89. The summed E-state index contributed by atoms with van der Waals surface area (Å²) in [5, 5.41) is 12.2. The Morgan fingerprint density at radius 1 is 1.40 bits per heavy atom. The maximum absolute atomic E-state index is 12.6. The van der Waals surface area contributed by atoms with Gasteiger partial charge in [-0.1, -0.05) is 18.2 Å². The molecular weight excluding hydrogens is 295 g/mol. The van der Waals surface area contributed by atoms with Crippen molar-refractivity contribution in [1.29, 1.82) is 0 Å². The van der Waals surface area contributed by atoms with Crippen molar-refractivity contribution in [2.45, 2.75) is 31.0 Å². The lowest BCUT2D eigenvalue weighted by Gasteiger charge is -2.24. The van der Waals surface area contributed by atoms with Gasteiger partial charge in [-0.05, 0) is 31.0 Å². The third-order valence-electron chi connectivity index (χ3n) is 3.41.